The van der Waals surface area contributed by atoms with Crippen LogP contribution in [0, 0.1) is 13.8 Å². The summed E-state index contributed by atoms with van der Waals surface area (Å²) >= 11 is 0. The first-order valence-electron chi connectivity index (χ1n) is 5.04. The summed E-state index contributed by atoms with van der Waals surface area (Å²) in [5, 5.41) is 11.3. The molecule has 4 nitrogen and oxygen atoms in total. The van der Waals surface area contributed by atoms with Crippen molar-refractivity contribution in [2.24, 2.45) is 0 Å². The van der Waals surface area contributed by atoms with Crippen molar-refractivity contribution in [2.45, 2.75) is 26.3 Å². The molecule has 1 rings (SSSR count). The number of carboxylic acid groups (broad SMARTS) is 1. The SMILES string of the molecule is Cc1cccc(C)c1C(CC(=O)O)NC=O. The van der Waals surface area contributed by atoms with E-state index in [1.165, 1.54) is 0 Å². The van der Waals surface area contributed by atoms with Crippen LogP contribution in [0.1, 0.15) is 29.2 Å². The molecule has 2 N–H and O–H groups in total. The van der Waals surface area contributed by atoms with Crippen LogP contribution in [0.25, 0.3) is 0 Å². The number of carboxylic acids is 1. The van der Waals surface area contributed by atoms with E-state index in [2.05, 4.69) is 5.32 Å². The van der Waals surface area contributed by atoms with E-state index in [9.17, 15) is 9.59 Å². The molecule has 0 heterocycles. The van der Waals surface area contributed by atoms with E-state index in [0.29, 0.717) is 6.41 Å². The van der Waals surface area contributed by atoms with Crippen LogP contribution in [-0.4, -0.2) is 17.5 Å². The van der Waals surface area contributed by atoms with Gasteiger partial charge in [0, 0.05) is 0 Å². The normalized spacial score (nSPS) is 11.9. The molecule has 0 bridgehead atoms. The molecule has 0 aliphatic heterocycles. The van der Waals surface area contributed by atoms with Gasteiger partial charge in [-0.15, -0.1) is 0 Å². The van der Waals surface area contributed by atoms with Crippen LogP contribution in [-0.2, 0) is 9.59 Å². The van der Waals surface area contributed by atoms with Crippen molar-refractivity contribution in [1.29, 1.82) is 0 Å². The van der Waals surface area contributed by atoms with Crippen molar-refractivity contribution in [1.82, 2.24) is 5.32 Å². The van der Waals surface area contributed by atoms with E-state index in [4.69, 9.17) is 5.11 Å². The van der Waals surface area contributed by atoms with Crippen molar-refractivity contribution in [3.8, 4) is 0 Å². The minimum absolute atomic E-state index is 0.107. The highest BCUT2D eigenvalue weighted by atomic mass is 16.4. The minimum atomic E-state index is -0.929. The Hall–Kier alpha value is -1.84. The van der Waals surface area contributed by atoms with E-state index in [1.807, 2.05) is 32.0 Å². The lowest BCUT2D eigenvalue weighted by Crippen LogP contribution is -2.24. The molecular weight excluding hydrogens is 206 g/mol. The zero-order valence-corrected chi connectivity index (χ0v) is 9.36. The van der Waals surface area contributed by atoms with Crippen LogP contribution in [0.5, 0.6) is 0 Å². The molecule has 1 aromatic rings. The van der Waals surface area contributed by atoms with E-state index in [-0.39, 0.29) is 6.42 Å². The molecule has 0 aromatic heterocycles. The van der Waals surface area contributed by atoms with Gasteiger partial charge in [-0.2, -0.15) is 0 Å². The van der Waals surface area contributed by atoms with Crippen molar-refractivity contribution < 1.29 is 14.7 Å². The number of carbonyl (C=O) groups is 2. The van der Waals surface area contributed by atoms with Gasteiger partial charge in [0.05, 0.1) is 12.5 Å². The zero-order valence-electron chi connectivity index (χ0n) is 9.36. The molecule has 16 heavy (non-hydrogen) atoms. The summed E-state index contributed by atoms with van der Waals surface area (Å²) in [6, 6.07) is 5.26. The van der Waals surface area contributed by atoms with E-state index < -0.39 is 12.0 Å². The maximum absolute atomic E-state index is 10.7. The van der Waals surface area contributed by atoms with Gasteiger partial charge in [-0.25, -0.2) is 0 Å². The van der Waals surface area contributed by atoms with Gasteiger partial charge >= 0.3 is 5.97 Å². The molecular formula is C12H15NO3. The van der Waals surface area contributed by atoms with Crippen LogP contribution in [0.3, 0.4) is 0 Å². The smallest absolute Gasteiger partial charge is 0.305 e. The van der Waals surface area contributed by atoms with Gasteiger partial charge in [-0.3, -0.25) is 9.59 Å². The maximum Gasteiger partial charge on any atom is 0.305 e. The monoisotopic (exact) mass is 221 g/mol. The summed E-state index contributed by atoms with van der Waals surface area (Å²) in [4.78, 5) is 21.2. The highest BCUT2D eigenvalue weighted by molar-refractivity contribution is 5.69. The second-order valence-electron chi connectivity index (χ2n) is 3.74. The molecule has 0 spiro atoms. The number of nitrogens with one attached hydrogen (secondary N) is 1. The van der Waals surface area contributed by atoms with E-state index in [1.54, 1.807) is 0 Å². The molecule has 0 aliphatic carbocycles. The minimum Gasteiger partial charge on any atom is -0.481 e. The average molecular weight is 221 g/mol. The third-order valence-corrected chi connectivity index (χ3v) is 2.54. The van der Waals surface area contributed by atoms with E-state index >= 15 is 0 Å². The maximum atomic E-state index is 10.7. The summed E-state index contributed by atoms with van der Waals surface area (Å²) in [5.41, 5.74) is 2.86. The third-order valence-electron chi connectivity index (χ3n) is 2.54. The summed E-state index contributed by atoms with van der Waals surface area (Å²) in [6.45, 7) is 3.81. The lowest BCUT2D eigenvalue weighted by atomic mass is 9.94. The average Bonchev–Trinajstić information content (AvgIpc) is 2.16. The Bertz CT molecular complexity index is 381. The van der Waals surface area contributed by atoms with Crippen molar-refractivity contribution in [3.05, 3.63) is 34.9 Å². The van der Waals surface area contributed by atoms with Crippen molar-refractivity contribution in [3.63, 3.8) is 0 Å². The fraction of sp³-hybridized carbons (Fsp3) is 0.333. The van der Waals surface area contributed by atoms with Gasteiger partial charge in [0.2, 0.25) is 6.41 Å². The quantitative estimate of drug-likeness (QED) is 0.741. The molecule has 1 atom stereocenters. The summed E-state index contributed by atoms with van der Waals surface area (Å²) in [7, 11) is 0. The molecule has 0 saturated carbocycles. The number of rotatable bonds is 5. The number of hydrogen-bond donors (Lipinski definition) is 2. The van der Waals surface area contributed by atoms with Gasteiger partial charge in [0.15, 0.2) is 0 Å². The Kier molecular flexibility index (Phi) is 4.05. The molecule has 4 heteroatoms. The van der Waals surface area contributed by atoms with Crippen LogP contribution < -0.4 is 5.32 Å². The molecule has 1 amide bonds. The highest BCUT2D eigenvalue weighted by Gasteiger charge is 2.18. The lowest BCUT2D eigenvalue weighted by Gasteiger charge is -2.19. The molecule has 1 aromatic carbocycles. The van der Waals surface area contributed by atoms with E-state index in [0.717, 1.165) is 16.7 Å². The molecule has 0 saturated heterocycles. The number of aryl methyl sites for hydroxylation is 2. The number of amides is 1. The molecule has 0 fully saturated rings. The topological polar surface area (TPSA) is 66.4 Å². The fourth-order valence-corrected chi connectivity index (χ4v) is 1.88. The Morgan fingerprint density at radius 1 is 1.44 bits per heavy atom. The summed E-state index contributed by atoms with van der Waals surface area (Å²) < 4.78 is 0. The Morgan fingerprint density at radius 3 is 2.44 bits per heavy atom. The third kappa shape index (κ3) is 2.82. The number of aliphatic carboxylic acids is 1. The standard InChI is InChI=1S/C12H15NO3/c1-8-4-3-5-9(2)12(8)10(13-7-14)6-11(15)16/h3-5,7,10H,6H2,1-2H3,(H,13,14)(H,15,16). The zero-order chi connectivity index (χ0) is 12.1. The second kappa shape index (κ2) is 5.30. The highest BCUT2D eigenvalue weighted by Crippen LogP contribution is 2.24. The number of hydrogen-bond acceptors (Lipinski definition) is 2. The van der Waals surface area contributed by atoms with Gasteiger partial charge < -0.3 is 10.4 Å². The number of carbonyl (C=O) groups excluding carboxylic acids is 1. The van der Waals surface area contributed by atoms with Crippen LogP contribution >= 0.6 is 0 Å². The van der Waals surface area contributed by atoms with Crippen LogP contribution in [0.2, 0.25) is 0 Å². The number of benzene rings is 1. The predicted molar refractivity (Wildman–Crippen MR) is 60.1 cm³/mol. The van der Waals surface area contributed by atoms with Crippen LogP contribution in [0.4, 0.5) is 0 Å². The van der Waals surface area contributed by atoms with Gasteiger partial charge in [0.25, 0.3) is 0 Å². The summed E-state index contributed by atoms with van der Waals surface area (Å²) in [6.07, 6.45) is 0.434. The Balaban J connectivity index is 3.09. The Labute approximate surface area is 94.3 Å². The van der Waals surface area contributed by atoms with Crippen molar-refractivity contribution >= 4 is 12.4 Å². The lowest BCUT2D eigenvalue weighted by molar-refractivity contribution is -0.137. The second-order valence-corrected chi connectivity index (χ2v) is 3.74. The van der Waals surface area contributed by atoms with Crippen molar-refractivity contribution in [2.75, 3.05) is 0 Å². The molecule has 0 radical (unpaired) electrons. The van der Waals surface area contributed by atoms with Gasteiger partial charge in [-0.1, -0.05) is 18.2 Å². The first-order valence-corrected chi connectivity index (χ1v) is 5.04. The van der Waals surface area contributed by atoms with Gasteiger partial charge in [0.1, 0.15) is 0 Å². The van der Waals surface area contributed by atoms with Crippen LogP contribution in [0.15, 0.2) is 18.2 Å². The predicted octanol–water partition coefficient (Wildman–Crippen LogP) is 1.57. The molecule has 0 aliphatic rings. The largest absolute Gasteiger partial charge is 0.481 e. The molecule has 1 unspecified atom stereocenters. The fourth-order valence-electron chi connectivity index (χ4n) is 1.88. The first-order chi connectivity index (χ1) is 7.56. The molecule has 86 valence electrons. The first kappa shape index (κ1) is 12.2. The van der Waals surface area contributed by atoms with Gasteiger partial charge in [-0.05, 0) is 30.5 Å². The summed E-state index contributed by atoms with van der Waals surface area (Å²) in [5.74, 6) is -0.929. The Morgan fingerprint density at radius 2 is 2.00 bits per heavy atom.